The van der Waals surface area contributed by atoms with Crippen molar-refractivity contribution >= 4 is 22.4 Å². The molecule has 0 radical (unpaired) electrons. The Labute approximate surface area is 117 Å². The highest BCUT2D eigenvalue weighted by atomic mass is 16.6. The zero-order valence-electron chi connectivity index (χ0n) is 12.0. The van der Waals surface area contributed by atoms with Crippen molar-refractivity contribution in [2.24, 2.45) is 5.41 Å². The van der Waals surface area contributed by atoms with Gasteiger partial charge in [-0.3, -0.25) is 10.1 Å². The fourth-order valence-corrected chi connectivity index (χ4v) is 1.69. The molecule has 1 aromatic heterocycles. The molecule has 2 rings (SSSR count). The Morgan fingerprint density at radius 2 is 2.00 bits per heavy atom. The minimum absolute atomic E-state index is 0.0405. The molecule has 1 unspecified atom stereocenters. The lowest BCUT2D eigenvalue weighted by Gasteiger charge is -2.28. The number of nitrogens with zero attached hydrogens (tertiary/aromatic N) is 3. The molecule has 6 nitrogen and oxygen atoms in total. The molecule has 0 amide bonds. The minimum atomic E-state index is -0.413. The van der Waals surface area contributed by atoms with Crippen molar-refractivity contribution in [2.45, 2.75) is 33.7 Å². The molecule has 0 aliphatic heterocycles. The first-order valence-corrected chi connectivity index (χ1v) is 6.45. The third kappa shape index (κ3) is 2.84. The number of non-ortho nitro benzene ring substituents is 1. The second kappa shape index (κ2) is 5.03. The number of fused-ring (bicyclic) bond motifs is 1. The highest BCUT2D eigenvalue weighted by Crippen LogP contribution is 2.27. The van der Waals surface area contributed by atoms with Crippen LogP contribution in [0.3, 0.4) is 0 Å². The van der Waals surface area contributed by atoms with Crippen LogP contribution < -0.4 is 5.32 Å². The molecule has 0 bridgehead atoms. The van der Waals surface area contributed by atoms with Crippen LogP contribution in [0.2, 0.25) is 0 Å². The highest BCUT2D eigenvalue weighted by molar-refractivity contribution is 5.90. The largest absolute Gasteiger partial charge is 0.366 e. The number of hydrogen-bond acceptors (Lipinski definition) is 5. The fraction of sp³-hybridized carbons (Fsp3) is 0.429. The standard InChI is InChI=1S/C14H18N4O2/c1-9(14(2,3)4)17-13-11-7-10(18(19)20)5-6-12(11)15-8-16-13/h5-9H,1-4H3,(H,15,16,17). The summed E-state index contributed by atoms with van der Waals surface area (Å²) in [5.74, 6) is 0.626. The summed E-state index contributed by atoms with van der Waals surface area (Å²) in [7, 11) is 0. The number of rotatable bonds is 3. The summed E-state index contributed by atoms with van der Waals surface area (Å²) in [5.41, 5.74) is 0.783. The zero-order chi connectivity index (χ0) is 14.9. The van der Waals surface area contributed by atoms with E-state index in [4.69, 9.17) is 0 Å². The number of nitro groups is 1. The van der Waals surface area contributed by atoms with Crippen molar-refractivity contribution in [3.8, 4) is 0 Å². The second-order valence-electron chi connectivity index (χ2n) is 5.91. The predicted molar refractivity (Wildman–Crippen MR) is 78.7 cm³/mol. The molecule has 106 valence electrons. The molecule has 6 heteroatoms. The van der Waals surface area contributed by atoms with E-state index in [0.717, 1.165) is 0 Å². The average molecular weight is 274 g/mol. The van der Waals surface area contributed by atoms with Crippen LogP contribution in [0.25, 0.3) is 10.9 Å². The van der Waals surface area contributed by atoms with Crippen molar-refractivity contribution in [3.05, 3.63) is 34.6 Å². The number of hydrogen-bond donors (Lipinski definition) is 1. The first kappa shape index (κ1) is 14.2. The molecule has 0 aliphatic carbocycles. The molecule has 0 spiro atoms. The Hall–Kier alpha value is -2.24. The number of aromatic nitrogens is 2. The molecule has 0 saturated heterocycles. The Morgan fingerprint density at radius 1 is 1.30 bits per heavy atom. The van der Waals surface area contributed by atoms with Gasteiger partial charge >= 0.3 is 0 Å². The van der Waals surface area contributed by atoms with Gasteiger partial charge in [0.2, 0.25) is 0 Å². The Balaban J connectivity index is 2.47. The predicted octanol–water partition coefficient (Wildman–Crippen LogP) is 3.38. The van der Waals surface area contributed by atoms with Gasteiger partial charge in [-0.15, -0.1) is 0 Å². The van der Waals surface area contributed by atoms with Gasteiger partial charge in [-0.25, -0.2) is 9.97 Å². The van der Waals surface area contributed by atoms with E-state index in [1.54, 1.807) is 6.07 Å². The monoisotopic (exact) mass is 274 g/mol. The van der Waals surface area contributed by atoms with E-state index in [1.165, 1.54) is 18.5 Å². The van der Waals surface area contributed by atoms with E-state index in [1.807, 2.05) is 0 Å². The van der Waals surface area contributed by atoms with Gasteiger partial charge in [0, 0.05) is 23.6 Å². The lowest BCUT2D eigenvalue weighted by molar-refractivity contribution is -0.384. The van der Waals surface area contributed by atoms with Crippen LogP contribution in [0.1, 0.15) is 27.7 Å². The van der Waals surface area contributed by atoms with Crippen LogP contribution in [0.4, 0.5) is 11.5 Å². The molecule has 2 aromatic rings. The first-order valence-electron chi connectivity index (χ1n) is 6.45. The van der Waals surface area contributed by atoms with Gasteiger partial charge in [-0.2, -0.15) is 0 Å². The van der Waals surface area contributed by atoms with Crippen molar-refractivity contribution in [2.75, 3.05) is 5.32 Å². The van der Waals surface area contributed by atoms with Crippen LogP contribution in [-0.4, -0.2) is 20.9 Å². The summed E-state index contributed by atoms with van der Waals surface area (Å²) in [4.78, 5) is 18.8. The quantitative estimate of drug-likeness (QED) is 0.685. The van der Waals surface area contributed by atoms with E-state index in [0.29, 0.717) is 16.7 Å². The minimum Gasteiger partial charge on any atom is -0.366 e. The Bertz CT molecular complexity index is 649. The zero-order valence-corrected chi connectivity index (χ0v) is 12.0. The third-order valence-electron chi connectivity index (χ3n) is 3.48. The SMILES string of the molecule is CC(Nc1ncnc2ccc([N+](=O)[O-])cc12)C(C)(C)C. The molecule has 0 aliphatic rings. The van der Waals surface area contributed by atoms with E-state index < -0.39 is 4.92 Å². The van der Waals surface area contributed by atoms with Gasteiger partial charge < -0.3 is 5.32 Å². The van der Waals surface area contributed by atoms with Gasteiger partial charge in [0.15, 0.2) is 0 Å². The summed E-state index contributed by atoms with van der Waals surface area (Å²) < 4.78 is 0. The number of anilines is 1. The molecule has 20 heavy (non-hydrogen) atoms. The Morgan fingerprint density at radius 3 is 2.60 bits per heavy atom. The summed E-state index contributed by atoms with van der Waals surface area (Å²) in [6.45, 7) is 8.43. The van der Waals surface area contributed by atoms with Crippen LogP contribution in [0.15, 0.2) is 24.5 Å². The van der Waals surface area contributed by atoms with Crippen molar-refractivity contribution in [3.63, 3.8) is 0 Å². The lowest BCUT2D eigenvalue weighted by atomic mass is 9.88. The molecular formula is C14H18N4O2. The van der Waals surface area contributed by atoms with E-state index >= 15 is 0 Å². The average Bonchev–Trinajstić information content (AvgIpc) is 2.37. The van der Waals surface area contributed by atoms with Crippen molar-refractivity contribution in [1.29, 1.82) is 0 Å². The molecule has 1 atom stereocenters. The smallest absolute Gasteiger partial charge is 0.270 e. The van der Waals surface area contributed by atoms with E-state index in [2.05, 4.69) is 43.0 Å². The maximum absolute atomic E-state index is 10.9. The number of nitro benzene ring substituents is 1. The summed E-state index contributed by atoms with van der Waals surface area (Å²) in [6, 6.07) is 4.77. The van der Waals surface area contributed by atoms with Crippen LogP contribution in [0.5, 0.6) is 0 Å². The number of benzene rings is 1. The van der Waals surface area contributed by atoms with Crippen molar-refractivity contribution in [1.82, 2.24) is 9.97 Å². The molecular weight excluding hydrogens is 256 g/mol. The van der Waals surface area contributed by atoms with Gasteiger partial charge in [0.05, 0.1) is 10.4 Å². The summed E-state index contributed by atoms with van der Waals surface area (Å²) >= 11 is 0. The summed E-state index contributed by atoms with van der Waals surface area (Å²) in [6.07, 6.45) is 1.46. The molecule has 1 N–H and O–H groups in total. The van der Waals surface area contributed by atoms with Gasteiger partial charge in [-0.1, -0.05) is 20.8 Å². The number of nitrogens with one attached hydrogen (secondary N) is 1. The molecule has 1 heterocycles. The second-order valence-corrected chi connectivity index (χ2v) is 5.91. The summed E-state index contributed by atoms with van der Waals surface area (Å²) in [5, 5.41) is 14.9. The van der Waals surface area contributed by atoms with Gasteiger partial charge in [0.25, 0.3) is 5.69 Å². The fourth-order valence-electron chi connectivity index (χ4n) is 1.69. The lowest BCUT2D eigenvalue weighted by Crippen LogP contribution is -2.31. The molecule has 0 saturated carbocycles. The maximum Gasteiger partial charge on any atom is 0.270 e. The first-order chi connectivity index (χ1) is 9.29. The van der Waals surface area contributed by atoms with Crippen LogP contribution >= 0.6 is 0 Å². The molecule has 1 aromatic carbocycles. The topological polar surface area (TPSA) is 81.0 Å². The highest BCUT2D eigenvalue weighted by Gasteiger charge is 2.21. The third-order valence-corrected chi connectivity index (χ3v) is 3.48. The van der Waals surface area contributed by atoms with Crippen molar-refractivity contribution < 1.29 is 4.92 Å². The van der Waals surface area contributed by atoms with Gasteiger partial charge in [-0.05, 0) is 18.4 Å². The maximum atomic E-state index is 10.9. The van der Waals surface area contributed by atoms with E-state index in [-0.39, 0.29) is 17.1 Å². The van der Waals surface area contributed by atoms with Crippen LogP contribution in [-0.2, 0) is 0 Å². The molecule has 0 fully saturated rings. The van der Waals surface area contributed by atoms with Crippen LogP contribution in [0, 0.1) is 15.5 Å². The van der Waals surface area contributed by atoms with Gasteiger partial charge in [0.1, 0.15) is 12.1 Å². The van der Waals surface area contributed by atoms with E-state index in [9.17, 15) is 10.1 Å². The normalized spacial score (nSPS) is 13.2. The Kier molecular flexibility index (Phi) is 3.57.